The zero-order valence-corrected chi connectivity index (χ0v) is 12.1. The van der Waals surface area contributed by atoms with Crippen LogP contribution in [-0.4, -0.2) is 34.4 Å². The zero-order valence-electron chi connectivity index (χ0n) is 12.1. The normalized spacial score (nSPS) is 10.6. The molecule has 1 aromatic heterocycles. The SMILES string of the molecule is CCN(CCO)c1ccc(NCc2nccn2C)cc1. The summed E-state index contributed by atoms with van der Waals surface area (Å²) in [6, 6.07) is 8.25. The summed E-state index contributed by atoms with van der Waals surface area (Å²) in [6.07, 6.45) is 3.74. The summed E-state index contributed by atoms with van der Waals surface area (Å²) in [5.74, 6) is 1.00. The average Bonchev–Trinajstić information content (AvgIpc) is 2.89. The molecule has 2 rings (SSSR count). The van der Waals surface area contributed by atoms with Gasteiger partial charge in [0.2, 0.25) is 0 Å². The van der Waals surface area contributed by atoms with Crippen molar-refractivity contribution in [3.8, 4) is 0 Å². The van der Waals surface area contributed by atoms with E-state index in [0.717, 1.165) is 23.7 Å². The highest BCUT2D eigenvalue weighted by atomic mass is 16.3. The largest absolute Gasteiger partial charge is 0.395 e. The highest BCUT2D eigenvalue weighted by Crippen LogP contribution is 2.18. The average molecular weight is 274 g/mol. The van der Waals surface area contributed by atoms with E-state index < -0.39 is 0 Å². The Morgan fingerprint density at radius 3 is 2.60 bits per heavy atom. The van der Waals surface area contributed by atoms with Gasteiger partial charge in [-0.3, -0.25) is 0 Å². The lowest BCUT2D eigenvalue weighted by Gasteiger charge is -2.22. The predicted octanol–water partition coefficient (Wildman–Crippen LogP) is 1.85. The third-order valence-electron chi connectivity index (χ3n) is 3.36. The number of rotatable bonds is 7. The predicted molar refractivity (Wildman–Crippen MR) is 81.9 cm³/mol. The first-order valence-electron chi connectivity index (χ1n) is 6.90. The van der Waals surface area contributed by atoms with Gasteiger partial charge in [-0.15, -0.1) is 0 Å². The van der Waals surface area contributed by atoms with Crippen LogP contribution in [0.15, 0.2) is 36.7 Å². The summed E-state index contributed by atoms with van der Waals surface area (Å²) < 4.78 is 2.00. The van der Waals surface area contributed by atoms with Gasteiger partial charge in [-0.1, -0.05) is 0 Å². The van der Waals surface area contributed by atoms with Crippen LogP contribution in [0.5, 0.6) is 0 Å². The van der Waals surface area contributed by atoms with E-state index in [1.54, 1.807) is 6.20 Å². The van der Waals surface area contributed by atoms with Crippen molar-refractivity contribution < 1.29 is 5.11 Å². The van der Waals surface area contributed by atoms with Crippen LogP contribution >= 0.6 is 0 Å². The number of likely N-dealkylation sites (N-methyl/N-ethyl adjacent to an activating group) is 1. The second kappa shape index (κ2) is 6.96. The van der Waals surface area contributed by atoms with E-state index in [2.05, 4.69) is 46.4 Å². The molecule has 0 atom stereocenters. The van der Waals surface area contributed by atoms with Gasteiger partial charge in [-0.05, 0) is 31.2 Å². The maximum atomic E-state index is 9.04. The second-order valence-corrected chi connectivity index (χ2v) is 4.66. The summed E-state index contributed by atoms with van der Waals surface area (Å²) in [6.45, 7) is 4.52. The number of nitrogens with zero attached hydrogens (tertiary/aromatic N) is 3. The third-order valence-corrected chi connectivity index (χ3v) is 3.36. The summed E-state index contributed by atoms with van der Waals surface area (Å²) in [4.78, 5) is 6.42. The van der Waals surface area contributed by atoms with Gasteiger partial charge in [0.05, 0.1) is 13.2 Å². The van der Waals surface area contributed by atoms with Crippen LogP contribution in [-0.2, 0) is 13.6 Å². The van der Waals surface area contributed by atoms with Gasteiger partial charge in [-0.2, -0.15) is 0 Å². The van der Waals surface area contributed by atoms with E-state index in [1.807, 2.05) is 17.8 Å². The van der Waals surface area contributed by atoms with E-state index in [1.165, 1.54) is 0 Å². The second-order valence-electron chi connectivity index (χ2n) is 4.66. The smallest absolute Gasteiger partial charge is 0.127 e. The molecule has 5 nitrogen and oxygen atoms in total. The van der Waals surface area contributed by atoms with Crippen molar-refractivity contribution in [3.63, 3.8) is 0 Å². The van der Waals surface area contributed by atoms with E-state index >= 15 is 0 Å². The Hall–Kier alpha value is -2.01. The Morgan fingerprint density at radius 1 is 1.30 bits per heavy atom. The van der Waals surface area contributed by atoms with Crippen LogP contribution in [0.1, 0.15) is 12.7 Å². The lowest BCUT2D eigenvalue weighted by atomic mass is 10.2. The Balaban J connectivity index is 1.96. The zero-order chi connectivity index (χ0) is 14.4. The lowest BCUT2D eigenvalue weighted by molar-refractivity contribution is 0.302. The topological polar surface area (TPSA) is 53.3 Å². The van der Waals surface area contributed by atoms with Gasteiger partial charge in [0.15, 0.2) is 0 Å². The van der Waals surface area contributed by atoms with Crippen LogP contribution in [0.2, 0.25) is 0 Å². The fourth-order valence-corrected chi connectivity index (χ4v) is 2.13. The van der Waals surface area contributed by atoms with Gasteiger partial charge in [0.1, 0.15) is 5.82 Å². The molecule has 0 spiro atoms. The number of benzene rings is 1. The Morgan fingerprint density at radius 2 is 2.05 bits per heavy atom. The minimum Gasteiger partial charge on any atom is -0.395 e. The van der Waals surface area contributed by atoms with Crippen molar-refractivity contribution in [2.24, 2.45) is 7.05 Å². The Bertz CT molecular complexity index is 521. The number of aryl methyl sites for hydroxylation is 1. The number of nitrogens with one attached hydrogen (secondary N) is 1. The standard InChI is InChI=1S/C15H22N4O/c1-3-19(10-11-20)14-6-4-13(5-7-14)17-12-15-16-8-9-18(15)2/h4-9,17,20H,3,10-12H2,1-2H3. The van der Waals surface area contributed by atoms with Crippen molar-refractivity contribution in [2.45, 2.75) is 13.5 Å². The lowest BCUT2D eigenvalue weighted by Crippen LogP contribution is -2.25. The first-order chi connectivity index (χ1) is 9.74. The quantitative estimate of drug-likeness (QED) is 0.809. The molecule has 1 aromatic carbocycles. The van der Waals surface area contributed by atoms with Gasteiger partial charge >= 0.3 is 0 Å². The number of hydrogen-bond acceptors (Lipinski definition) is 4. The van der Waals surface area contributed by atoms with Gasteiger partial charge in [0.25, 0.3) is 0 Å². The fourth-order valence-electron chi connectivity index (χ4n) is 2.13. The van der Waals surface area contributed by atoms with Crippen molar-refractivity contribution in [1.82, 2.24) is 9.55 Å². The van der Waals surface area contributed by atoms with Crippen LogP contribution in [0.25, 0.3) is 0 Å². The molecule has 0 amide bonds. The van der Waals surface area contributed by atoms with Crippen molar-refractivity contribution in [1.29, 1.82) is 0 Å². The molecule has 0 saturated carbocycles. The molecule has 5 heteroatoms. The van der Waals surface area contributed by atoms with Crippen molar-refractivity contribution >= 4 is 11.4 Å². The molecule has 20 heavy (non-hydrogen) atoms. The van der Waals surface area contributed by atoms with Crippen molar-refractivity contribution in [2.75, 3.05) is 29.9 Å². The number of aromatic nitrogens is 2. The number of hydrogen-bond donors (Lipinski definition) is 2. The number of imidazole rings is 1. The maximum Gasteiger partial charge on any atom is 0.127 e. The summed E-state index contributed by atoms with van der Waals surface area (Å²) in [7, 11) is 1.99. The van der Waals surface area contributed by atoms with Gasteiger partial charge < -0.3 is 19.9 Å². The van der Waals surface area contributed by atoms with Gasteiger partial charge in [0, 0.05) is 43.9 Å². The van der Waals surface area contributed by atoms with Crippen LogP contribution in [0.3, 0.4) is 0 Å². The number of aliphatic hydroxyl groups is 1. The Labute approximate surface area is 119 Å². The molecule has 108 valence electrons. The molecule has 2 aromatic rings. The molecule has 0 aliphatic carbocycles. The summed E-state index contributed by atoms with van der Waals surface area (Å²) in [5.41, 5.74) is 2.20. The molecule has 0 bridgehead atoms. The molecule has 0 saturated heterocycles. The van der Waals surface area contributed by atoms with Crippen LogP contribution in [0.4, 0.5) is 11.4 Å². The molecule has 2 N–H and O–H groups in total. The molecule has 1 heterocycles. The molecule has 0 radical (unpaired) electrons. The Kier molecular flexibility index (Phi) is 5.01. The van der Waals surface area contributed by atoms with Crippen molar-refractivity contribution in [3.05, 3.63) is 42.5 Å². The molecular formula is C15H22N4O. The number of aliphatic hydroxyl groups excluding tert-OH is 1. The van der Waals surface area contributed by atoms with Crippen LogP contribution in [0, 0.1) is 0 Å². The first-order valence-corrected chi connectivity index (χ1v) is 6.90. The molecule has 0 aliphatic rings. The monoisotopic (exact) mass is 274 g/mol. The fraction of sp³-hybridized carbons (Fsp3) is 0.400. The maximum absolute atomic E-state index is 9.04. The van der Waals surface area contributed by atoms with Crippen LogP contribution < -0.4 is 10.2 Å². The third kappa shape index (κ3) is 3.51. The summed E-state index contributed by atoms with van der Waals surface area (Å²) >= 11 is 0. The molecule has 0 unspecified atom stereocenters. The van der Waals surface area contributed by atoms with E-state index in [0.29, 0.717) is 13.1 Å². The minimum absolute atomic E-state index is 0.174. The highest BCUT2D eigenvalue weighted by molar-refractivity contribution is 5.55. The van der Waals surface area contributed by atoms with E-state index in [-0.39, 0.29) is 6.61 Å². The number of anilines is 2. The molecule has 0 aliphatic heterocycles. The molecule has 0 fully saturated rings. The van der Waals surface area contributed by atoms with Gasteiger partial charge in [-0.25, -0.2) is 4.98 Å². The highest BCUT2D eigenvalue weighted by Gasteiger charge is 2.03. The van der Waals surface area contributed by atoms with E-state index in [9.17, 15) is 0 Å². The van der Waals surface area contributed by atoms with E-state index in [4.69, 9.17) is 5.11 Å². The first kappa shape index (κ1) is 14.4. The molecular weight excluding hydrogens is 252 g/mol. The summed E-state index contributed by atoms with van der Waals surface area (Å²) in [5, 5.41) is 12.4. The minimum atomic E-state index is 0.174.